The van der Waals surface area contributed by atoms with Crippen LogP contribution in [0.5, 0.6) is 17.2 Å². The number of hydrogen-bond acceptors (Lipinski definition) is 9. The number of ether oxygens (including phenoxy) is 3. The molecule has 290 valence electrons. The third kappa shape index (κ3) is 7.72. The second-order valence-electron chi connectivity index (χ2n) is 16.6. The summed E-state index contributed by atoms with van der Waals surface area (Å²) in [5, 5.41) is 14.7. The van der Waals surface area contributed by atoms with Crippen LogP contribution in [0.15, 0.2) is 67.3 Å². The van der Waals surface area contributed by atoms with E-state index < -0.39 is 11.5 Å². The lowest BCUT2D eigenvalue weighted by molar-refractivity contribution is -0.144. The summed E-state index contributed by atoms with van der Waals surface area (Å²) in [5.74, 6) is 2.74. The number of halogens is 1. The average molecular weight is 766 g/mol. The van der Waals surface area contributed by atoms with Gasteiger partial charge in [-0.05, 0) is 142 Å². The van der Waals surface area contributed by atoms with Gasteiger partial charge in [0.2, 0.25) is 0 Å². The van der Waals surface area contributed by atoms with Crippen LogP contribution in [0, 0.1) is 11.8 Å². The normalized spacial score (nSPS) is 25.9. The summed E-state index contributed by atoms with van der Waals surface area (Å²) < 4.78 is 19.7. The number of benzene rings is 2. The molecule has 4 atom stereocenters. The Morgan fingerprint density at radius 1 is 1.11 bits per heavy atom. The summed E-state index contributed by atoms with van der Waals surface area (Å²) in [6, 6.07) is 15.7. The van der Waals surface area contributed by atoms with E-state index in [9.17, 15) is 9.90 Å². The number of fused-ring (bicyclic) bond motifs is 4. The first kappa shape index (κ1) is 37.5. The van der Waals surface area contributed by atoms with Gasteiger partial charge in [-0.2, -0.15) is 0 Å². The van der Waals surface area contributed by atoms with Crippen LogP contribution in [-0.2, 0) is 29.6 Å². The van der Waals surface area contributed by atoms with Gasteiger partial charge in [-0.15, -0.1) is 0 Å². The van der Waals surface area contributed by atoms with Gasteiger partial charge in [0, 0.05) is 47.5 Å². The molecule has 4 aliphatic rings. The minimum absolute atomic E-state index is 0.141. The summed E-state index contributed by atoms with van der Waals surface area (Å²) in [5.41, 5.74) is 5.39. The predicted molar refractivity (Wildman–Crippen MR) is 212 cm³/mol. The van der Waals surface area contributed by atoms with Crippen LogP contribution in [0.3, 0.4) is 0 Å². The van der Waals surface area contributed by atoms with E-state index in [2.05, 4.69) is 58.2 Å². The molecule has 0 bridgehead atoms. The number of anilines is 1. The van der Waals surface area contributed by atoms with Crippen molar-refractivity contribution in [2.24, 2.45) is 11.8 Å². The van der Waals surface area contributed by atoms with E-state index in [4.69, 9.17) is 25.8 Å². The first-order valence-electron chi connectivity index (χ1n) is 19.9. The minimum atomic E-state index is -1.09. The molecule has 0 unspecified atom stereocenters. The molecule has 10 nitrogen and oxygen atoms in total. The van der Waals surface area contributed by atoms with E-state index in [-0.39, 0.29) is 17.4 Å². The second-order valence-corrected chi connectivity index (χ2v) is 17.0. The van der Waals surface area contributed by atoms with Gasteiger partial charge >= 0.3 is 5.97 Å². The van der Waals surface area contributed by atoms with Gasteiger partial charge in [-0.1, -0.05) is 31.5 Å². The Morgan fingerprint density at radius 2 is 1.96 bits per heavy atom. The molecule has 8 rings (SSSR count). The topological polar surface area (TPSA) is 119 Å². The van der Waals surface area contributed by atoms with Crippen LogP contribution < -0.4 is 19.5 Å². The molecule has 2 N–H and O–H groups in total. The zero-order chi connectivity index (χ0) is 38.2. The number of aromatic nitrogens is 3. The van der Waals surface area contributed by atoms with Gasteiger partial charge in [0.1, 0.15) is 30.3 Å². The summed E-state index contributed by atoms with van der Waals surface area (Å²) in [6.45, 7) is 7.03. The maximum atomic E-state index is 13.1. The van der Waals surface area contributed by atoms with Crippen LogP contribution in [0.1, 0.15) is 92.8 Å². The summed E-state index contributed by atoms with van der Waals surface area (Å²) in [7, 11) is 2.06. The summed E-state index contributed by atoms with van der Waals surface area (Å²) in [4.78, 5) is 28.4. The van der Waals surface area contributed by atoms with Crippen LogP contribution in [0.25, 0.3) is 0 Å². The van der Waals surface area contributed by atoms with Crippen molar-refractivity contribution in [2.75, 3.05) is 32.1 Å². The largest absolute Gasteiger partial charge is 0.493 e. The number of pyridine rings is 1. The molecule has 0 radical (unpaired) electrons. The predicted octanol–water partition coefficient (Wildman–Crippen LogP) is 8.26. The van der Waals surface area contributed by atoms with Crippen molar-refractivity contribution in [3.63, 3.8) is 0 Å². The lowest BCUT2D eigenvalue weighted by Crippen LogP contribution is -2.53. The monoisotopic (exact) mass is 765 g/mol. The minimum Gasteiger partial charge on any atom is -0.493 e. The van der Waals surface area contributed by atoms with Crippen LogP contribution in [0.4, 0.5) is 5.69 Å². The van der Waals surface area contributed by atoms with Crippen molar-refractivity contribution < 1.29 is 24.1 Å². The lowest BCUT2D eigenvalue weighted by Gasteiger charge is -2.47. The standard InChI is InChI=1S/C44H52ClN5O5/c1-28(25-53-38-11-17-47-37-9-4-6-29(2)41(37)38)18-31-19-30-20-39-40(55-35(26-54-39)24-50(3)23-34-10-16-46-27-48-34)22-36(30)43(31)12-14-44(15-13-43,42(51)52)49-33-8-5-7-32(45)21-33/h5,7-8,10-11,16-17,20-22,27-29,31,35,49H,4,6,9,12-15,18-19,23-26H2,1-3H3,(H,51,52)/t28-,29-,31+,35+,43?,44?/m1/s1. The molecule has 3 aliphatic carbocycles. The molecule has 0 amide bonds. The summed E-state index contributed by atoms with van der Waals surface area (Å²) >= 11 is 6.32. The molecular formula is C44H52ClN5O5. The Morgan fingerprint density at radius 3 is 2.75 bits per heavy atom. The molecule has 1 spiro atoms. The molecule has 1 saturated carbocycles. The lowest BCUT2D eigenvalue weighted by atomic mass is 9.59. The zero-order valence-electron chi connectivity index (χ0n) is 32.1. The van der Waals surface area contributed by atoms with Crippen molar-refractivity contribution in [3.05, 3.63) is 100 Å². The van der Waals surface area contributed by atoms with Crippen molar-refractivity contribution in [1.82, 2.24) is 19.9 Å². The fourth-order valence-electron chi connectivity index (χ4n) is 9.91. The van der Waals surface area contributed by atoms with Gasteiger partial charge in [0.15, 0.2) is 11.5 Å². The molecule has 0 saturated heterocycles. The number of carbonyl (C=O) groups is 1. The van der Waals surface area contributed by atoms with E-state index >= 15 is 0 Å². The first-order valence-corrected chi connectivity index (χ1v) is 20.3. The van der Waals surface area contributed by atoms with Gasteiger partial charge < -0.3 is 24.6 Å². The smallest absolute Gasteiger partial charge is 0.329 e. The van der Waals surface area contributed by atoms with Crippen molar-refractivity contribution in [3.8, 4) is 17.2 Å². The number of aliphatic carboxylic acids is 1. The Kier molecular flexibility index (Phi) is 10.6. The van der Waals surface area contributed by atoms with E-state index in [1.807, 2.05) is 30.5 Å². The number of nitrogens with zero attached hydrogens (tertiary/aromatic N) is 4. The number of hydrogen-bond donors (Lipinski definition) is 2. The van der Waals surface area contributed by atoms with E-state index in [0.29, 0.717) is 56.0 Å². The first-order chi connectivity index (χ1) is 26.6. The third-order valence-corrected chi connectivity index (χ3v) is 12.9. The molecule has 1 aliphatic heterocycles. The number of aryl methyl sites for hydroxylation is 1. The number of nitrogens with one attached hydrogen (secondary N) is 1. The molecule has 55 heavy (non-hydrogen) atoms. The molecule has 11 heteroatoms. The average Bonchev–Trinajstić information content (AvgIpc) is 3.44. The van der Waals surface area contributed by atoms with Crippen LogP contribution >= 0.6 is 11.6 Å². The summed E-state index contributed by atoms with van der Waals surface area (Å²) in [6.07, 6.45) is 12.7. The highest BCUT2D eigenvalue weighted by atomic mass is 35.5. The SMILES string of the molecule is C[C@@H](COc1ccnc2c1[C@H](C)CCC2)C[C@H]1Cc2cc3c(cc2C12CCC(Nc1cccc(Cl)c1)(C(=O)O)CC2)O[C@@H](CN(C)Cc1ccncn1)CO3. The third-order valence-electron chi connectivity index (χ3n) is 12.7. The highest BCUT2D eigenvalue weighted by Crippen LogP contribution is 2.58. The van der Waals surface area contributed by atoms with Gasteiger partial charge in [-0.3, -0.25) is 9.88 Å². The van der Waals surface area contributed by atoms with Crippen LogP contribution in [0.2, 0.25) is 5.02 Å². The zero-order valence-corrected chi connectivity index (χ0v) is 32.9. The number of likely N-dealkylation sites (N-methyl/N-ethyl adjacent to an activating group) is 1. The van der Waals surface area contributed by atoms with Crippen molar-refractivity contribution >= 4 is 23.3 Å². The maximum absolute atomic E-state index is 13.1. The van der Waals surface area contributed by atoms with Crippen LogP contribution in [-0.4, -0.2) is 69.4 Å². The molecule has 3 heterocycles. The maximum Gasteiger partial charge on any atom is 0.329 e. The van der Waals surface area contributed by atoms with E-state index in [0.717, 1.165) is 67.2 Å². The Labute approximate surface area is 329 Å². The number of carboxylic acid groups (broad SMARTS) is 1. The van der Waals surface area contributed by atoms with E-state index in [1.165, 1.54) is 28.8 Å². The van der Waals surface area contributed by atoms with Crippen molar-refractivity contribution in [1.29, 1.82) is 0 Å². The molecule has 1 fully saturated rings. The number of carboxylic acids is 1. The van der Waals surface area contributed by atoms with Crippen molar-refractivity contribution in [2.45, 2.75) is 101 Å². The molecular weight excluding hydrogens is 714 g/mol. The van der Waals surface area contributed by atoms with E-state index in [1.54, 1.807) is 24.7 Å². The highest BCUT2D eigenvalue weighted by Gasteiger charge is 2.54. The number of rotatable bonds is 12. The Balaban J connectivity index is 1.04. The van der Waals surface area contributed by atoms with Gasteiger partial charge in [0.25, 0.3) is 0 Å². The van der Waals surface area contributed by atoms with Gasteiger partial charge in [-0.25, -0.2) is 14.8 Å². The molecule has 4 aromatic rings. The Hall–Kier alpha value is -4.41. The highest BCUT2D eigenvalue weighted by molar-refractivity contribution is 6.30. The fourth-order valence-corrected chi connectivity index (χ4v) is 10.1. The quantitative estimate of drug-likeness (QED) is 0.146. The second kappa shape index (κ2) is 15.6. The molecule has 2 aromatic heterocycles. The Bertz CT molecular complexity index is 2000. The molecule has 2 aromatic carbocycles. The fraction of sp³-hybridized carbons (Fsp3) is 0.500. The van der Waals surface area contributed by atoms with Gasteiger partial charge in [0.05, 0.1) is 12.3 Å².